The van der Waals surface area contributed by atoms with E-state index >= 15 is 0 Å². The quantitative estimate of drug-likeness (QED) is 0.589. The van der Waals surface area contributed by atoms with E-state index in [0.29, 0.717) is 38.1 Å². The number of amides is 2. The summed E-state index contributed by atoms with van der Waals surface area (Å²) in [7, 11) is 0. The molecule has 1 atom stereocenters. The van der Waals surface area contributed by atoms with E-state index in [0.717, 1.165) is 36.3 Å². The molecule has 6 nitrogen and oxygen atoms in total. The molecule has 0 spiro atoms. The number of benzene rings is 2. The molecule has 1 aliphatic heterocycles. The lowest BCUT2D eigenvalue weighted by Gasteiger charge is -2.12. The molecule has 0 bridgehead atoms. The molecule has 1 heterocycles. The first kappa shape index (κ1) is 21.8. The normalized spacial score (nSPS) is 15.6. The Morgan fingerprint density at radius 3 is 2.80 bits per heavy atom. The molecule has 0 aromatic heterocycles. The Morgan fingerprint density at radius 2 is 2.00 bits per heavy atom. The van der Waals surface area contributed by atoms with Gasteiger partial charge in [0, 0.05) is 31.7 Å². The molecule has 160 valence electrons. The summed E-state index contributed by atoms with van der Waals surface area (Å²) in [6.07, 6.45) is 3.20. The van der Waals surface area contributed by atoms with Gasteiger partial charge < -0.3 is 20.1 Å². The van der Waals surface area contributed by atoms with Crippen LogP contribution in [0.4, 0.5) is 0 Å². The van der Waals surface area contributed by atoms with Gasteiger partial charge in [0.15, 0.2) is 0 Å². The standard InChI is InChI=1S/C24H30N2O4/c1-18-7-2-3-11-22(18)30-14-6-12-23(27)25-16-19-8-4-9-20(15-19)24(28)26-17-21-10-5-13-29-21/h2-4,7-9,11,15,21H,5-6,10,12-14,16-17H2,1H3,(H,25,27)(H,26,28). The van der Waals surface area contributed by atoms with Gasteiger partial charge in [-0.2, -0.15) is 0 Å². The zero-order chi connectivity index (χ0) is 21.2. The molecule has 1 fully saturated rings. The number of hydrogen-bond donors (Lipinski definition) is 2. The first-order chi connectivity index (χ1) is 14.6. The fraction of sp³-hybridized carbons (Fsp3) is 0.417. The zero-order valence-electron chi connectivity index (χ0n) is 17.5. The molecular weight excluding hydrogens is 380 g/mol. The van der Waals surface area contributed by atoms with Gasteiger partial charge in [-0.05, 0) is 55.5 Å². The first-order valence-corrected chi connectivity index (χ1v) is 10.6. The minimum Gasteiger partial charge on any atom is -0.493 e. The highest BCUT2D eigenvalue weighted by Gasteiger charge is 2.16. The van der Waals surface area contributed by atoms with E-state index in [1.54, 1.807) is 6.07 Å². The summed E-state index contributed by atoms with van der Waals surface area (Å²) in [5, 5.41) is 5.83. The van der Waals surface area contributed by atoms with E-state index in [1.165, 1.54) is 0 Å². The fourth-order valence-corrected chi connectivity index (χ4v) is 3.36. The Morgan fingerprint density at radius 1 is 1.13 bits per heavy atom. The average molecular weight is 411 g/mol. The van der Waals surface area contributed by atoms with E-state index in [2.05, 4.69) is 10.6 Å². The Kier molecular flexibility index (Phi) is 8.27. The molecule has 1 unspecified atom stereocenters. The van der Waals surface area contributed by atoms with Crippen molar-refractivity contribution >= 4 is 11.8 Å². The van der Waals surface area contributed by atoms with Crippen LogP contribution in [0.5, 0.6) is 5.75 Å². The third kappa shape index (κ3) is 6.88. The molecule has 3 rings (SSSR count). The second-order valence-corrected chi connectivity index (χ2v) is 7.54. The molecule has 2 aromatic carbocycles. The number of rotatable bonds is 10. The van der Waals surface area contributed by atoms with Gasteiger partial charge >= 0.3 is 0 Å². The van der Waals surface area contributed by atoms with Crippen molar-refractivity contribution in [3.63, 3.8) is 0 Å². The van der Waals surface area contributed by atoms with E-state index < -0.39 is 0 Å². The number of nitrogens with one attached hydrogen (secondary N) is 2. The highest BCUT2D eigenvalue weighted by Crippen LogP contribution is 2.16. The summed E-state index contributed by atoms with van der Waals surface area (Å²) < 4.78 is 11.2. The van der Waals surface area contributed by atoms with Crippen LogP contribution in [0.2, 0.25) is 0 Å². The molecule has 2 aromatic rings. The summed E-state index contributed by atoms with van der Waals surface area (Å²) in [5.74, 6) is 0.705. The highest BCUT2D eigenvalue weighted by atomic mass is 16.5. The highest BCUT2D eigenvalue weighted by molar-refractivity contribution is 5.94. The molecule has 1 saturated heterocycles. The lowest BCUT2D eigenvalue weighted by molar-refractivity contribution is -0.121. The Balaban J connectivity index is 1.36. The van der Waals surface area contributed by atoms with Gasteiger partial charge in [-0.3, -0.25) is 9.59 Å². The van der Waals surface area contributed by atoms with Gasteiger partial charge in [0.05, 0.1) is 12.7 Å². The largest absolute Gasteiger partial charge is 0.493 e. The molecule has 2 amide bonds. The minimum absolute atomic E-state index is 0.0309. The Bertz CT molecular complexity index is 847. The Labute approximate surface area is 178 Å². The predicted molar refractivity (Wildman–Crippen MR) is 116 cm³/mol. The lowest BCUT2D eigenvalue weighted by Crippen LogP contribution is -2.31. The van der Waals surface area contributed by atoms with Crippen molar-refractivity contribution in [2.75, 3.05) is 19.8 Å². The number of para-hydroxylation sites is 1. The van der Waals surface area contributed by atoms with Crippen LogP contribution in [0.1, 0.15) is 47.2 Å². The zero-order valence-corrected chi connectivity index (χ0v) is 17.5. The van der Waals surface area contributed by atoms with Crippen molar-refractivity contribution in [2.45, 2.75) is 45.3 Å². The number of carbonyl (C=O) groups excluding carboxylic acids is 2. The second-order valence-electron chi connectivity index (χ2n) is 7.54. The maximum absolute atomic E-state index is 12.3. The maximum atomic E-state index is 12.3. The van der Waals surface area contributed by atoms with Crippen LogP contribution in [0.25, 0.3) is 0 Å². The lowest BCUT2D eigenvalue weighted by atomic mass is 10.1. The molecule has 0 radical (unpaired) electrons. The van der Waals surface area contributed by atoms with E-state index in [-0.39, 0.29) is 17.9 Å². The molecule has 1 aliphatic rings. The van der Waals surface area contributed by atoms with Gasteiger partial charge in [-0.1, -0.05) is 30.3 Å². The average Bonchev–Trinajstić information content (AvgIpc) is 3.28. The minimum atomic E-state index is -0.118. The third-order valence-electron chi connectivity index (χ3n) is 5.09. The van der Waals surface area contributed by atoms with Crippen LogP contribution in [0.15, 0.2) is 48.5 Å². The summed E-state index contributed by atoms with van der Waals surface area (Å²) in [4.78, 5) is 24.4. The number of aryl methyl sites for hydroxylation is 1. The molecule has 30 heavy (non-hydrogen) atoms. The van der Waals surface area contributed by atoms with Crippen molar-refractivity contribution in [3.8, 4) is 5.75 Å². The van der Waals surface area contributed by atoms with Crippen molar-refractivity contribution in [1.82, 2.24) is 10.6 Å². The van der Waals surface area contributed by atoms with Crippen molar-refractivity contribution < 1.29 is 19.1 Å². The SMILES string of the molecule is Cc1ccccc1OCCCC(=O)NCc1cccc(C(=O)NCC2CCCO2)c1. The van der Waals surface area contributed by atoms with Crippen molar-refractivity contribution in [1.29, 1.82) is 0 Å². The summed E-state index contributed by atoms with van der Waals surface area (Å²) >= 11 is 0. The summed E-state index contributed by atoms with van der Waals surface area (Å²) in [6, 6.07) is 15.2. The molecular formula is C24H30N2O4. The topological polar surface area (TPSA) is 76.7 Å². The van der Waals surface area contributed by atoms with Crippen LogP contribution in [-0.4, -0.2) is 37.7 Å². The fourth-order valence-electron chi connectivity index (χ4n) is 3.36. The van der Waals surface area contributed by atoms with Crippen LogP contribution in [0, 0.1) is 6.92 Å². The van der Waals surface area contributed by atoms with E-state index in [4.69, 9.17) is 9.47 Å². The molecule has 0 aliphatic carbocycles. The van der Waals surface area contributed by atoms with Gasteiger partial charge in [0.2, 0.25) is 5.91 Å². The summed E-state index contributed by atoms with van der Waals surface area (Å²) in [6.45, 7) is 4.19. The second kappa shape index (κ2) is 11.4. The first-order valence-electron chi connectivity index (χ1n) is 10.6. The maximum Gasteiger partial charge on any atom is 0.251 e. The van der Waals surface area contributed by atoms with Gasteiger partial charge in [0.25, 0.3) is 5.91 Å². The van der Waals surface area contributed by atoms with Gasteiger partial charge in [-0.15, -0.1) is 0 Å². The van der Waals surface area contributed by atoms with Crippen LogP contribution in [-0.2, 0) is 16.1 Å². The molecule has 6 heteroatoms. The van der Waals surface area contributed by atoms with Crippen LogP contribution in [0.3, 0.4) is 0 Å². The monoisotopic (exact) mass is 410 g/mol. The predicted octanol–water partition coefficient (Wildman–Crippen LogP) is 3.38. The van der Waals surface area contributed by atoms with Gasteiger partial charge in [-0.25, -0.2) is 0 Å². The number of ether oxygens (including phenoxy) is 2. The molecule has 0 saturated carbocycles. The number of carbonyl (C=O) groups is 2. The Hall–Kier alpha value is -2.86. The van der Waals surface area contributed by atoms with Crippen molar-refractivity contribution in [3.05, 3.63) is 65.2 Å². The number of hydrogen-bond acceptors (Lipinski definition) is 4. The third-order valence-corrected chi connectivity index (χ3v) is 5.09. The van der Waals surface area contributed by atoms with Crippen LogP contribution < -0.4 is 15.4 Å². The van der Waals surface area contributed by atoms with Crippen LogP contribution >= 0.6 is 0 Å². The van der Waals surface area contributed by atoms with Crippen molar-refractivity contribution in [2.24, 2.45) is 0 Å². The summed E-state index contributed by atoms with van der Waals surface area (Å²) in [5.41, 5.74) is 2.57. The van der Waals surface area contributed by atoms with E-state index in [9.17, 15) is 9.59 Å². The van der Waals surface area contributed by atoms with Gasteiger partial charge in [0.1, 0.15) is 5.75 Å². The smallest absolute Gasteiger partial charge is 0.251 e. The molecule has 2 N–H and O–H groups in total. The van der Waals surface area contributed by atoms with E-state index in [1.807, 2.05) is 49.4 Å².